The zero-order valence-corrected chi connectivity index (χ0v) is 15.0. The molecule has 0 radical (unpaired) electrons. The molecule has 0 aliphatic heterocycles. The van der Waals surface area contributed by atoms with Gasteiger partial charge in [-0.25, -0.2) is 13.2 Å². The molecule has 0 saturated carbocycles. The fourth-order valence-electron chi connectivity index (χ4n) is 2.09. The van der Waals surface area contributed by atoms with Crippen LogP contribution in [0.1, 0.15) is 10.4 Å². The van der Waals surface area contributed by atoms with E-state index in [0.717, 1.165) is 6.26 Å². The summed E-state index contributed by atoms with van der Waals surface area (Å²) in [4.78, 5) is 24.1. The van der Waals surface area contributed by atoms with Crippen molar-refractivity contribution in [3.63, 3.8) is 0 Å². The van der Waals surface area contributed by atoms with E-state index in [2.05, 4.69) is 10.0 Å². The van der Waals surface area contributed by atoms with Crippen LogP contribution in [-0.2, 0) is 19.6 Å². The Kier molecular flexibility index (Phi) is 6.18. The molecule has 0 unspecified atom stereocenters. The van der Waals surface area contributed by atoms with E-state index in [1.165, 1.54) is 19.2 Å². The lowest BCUT2D eigenvalue weighted by Gasteiger charge is -2.12. The lowest BCUT2D eigenvalue weighted by atomic mass is 10.2. The van der Waals surface area contributed by atoms with E-state index in [-0.39, 0.29) is 11.3 Å². The smallest absolute Gasteiger partial charge is 0.340 e. The summed E-state index contributed by atoms with van der Waals surface area (Å²) in [6.07, 6.45) is 0.968. The number of benzene rings is 2. The molecule has 2 aromatic carbocycles. The maximum atomic E-state index is 12.2. The number of carbonyl (C=O) groups is 2. The van der Waals surface area contributed by atoms with Crippen molar-refractivity contribution in [2.45, 2.75) is 0 Å². The monoisotopic (exact) mass is 378 g/mol. The van der Waals surface area contributed by atoms with Gasteiger partial charge in [0, 0.05) is 0 Å². The Morgan fingerprint density at radius 1 is 1.00 bits per heavy atom. The van der Waals surface area contributed by atoms with Crippen LogP contribution < -0.4 is 14.8 Å². The molecule has 8 nitrogen and oxygen atoms in total. The first kappa shape index (κ1) is 19.3. The van der Waals surface area contributed by atoms with E-state index in [1.807, 2.05) is 0 Å². The number of ether oxygens (including phenoxy) is 2. The van der Waals surface area contributed by atoms with E-state index < -0.39 is 28.5 Å². The van der Waals surface area contributed by atoms with Crippen LogP contribution in [0.5, 0.6) is 5.75 Å². The van der Waals surface area contributed by atoms with E-state index in [1.54, 1.807) is 36.4 Å². The number of carbonyl (C=O) groups excluding carboxylic acids is 2. The van der Waals surface area contributed by atoms with Crippen LogP contribution in [0.2, 0.25) is 0 Å². The second-order valence-corrected chi connectivity index (χ2v) is 6.99. The van der Waals surface area contributed by atoms with Crippen molar-refractivity contribution in [1.29, 1.82) is 0 Å². The molecular weight excluding hydrogens is 360 g/mol. The second-order valence-electron chi connectivity index (χ2n) is 5.24. The van der Waals surface area contributed by atoms with Crippen LogP contribution in [0.3, 0.4) is 0 Å². The van der Waals surface area contributed by atoms with E-state index >= 15 is 0 Å². The minimum Gasteiger partial charge on any atom is -0.495 e. The molecule has 9 heteroatoms. The Morgan fingerprint density at radius 3 is 2.27 bits per heavy atom. The molecule has 2 N–H and O–H groups in total. The highest BCUT2D eigenvalue weighted by Crippen LogP contribution is 2.23. The molecule has 26 heavy (non-hydrogen) atoms. The van der Waals surface area contributed by atoms with Gasteiger partial charge in [0.25, 0.3) is 5.91 Å². The summed E-state index contributed by atoms with van der Waals surface area (Å²) in [5, 5.41) is 2.57. The van der Waals surface area contributed by atoms with Crippen molar-refractivity contribution in [3.05, 3.63) is 54.1 Å². The molecule has 0 fully saturated rings. The van der Waals surface area contributed by atoms with E-state index in [0.29, 0.717) is 11.4 Å². The molecule has 0 atom stereocenters. The number of amides is 1. The van der Waals surface area contributed by atoms with Crippen molar-refractivity contribution in [1.82, 2.24) is 0 Å². The van der Waals surface area contributed by atoms with Crippen LogP contribution in [0, 0.1) is 0 Å². The average Bonchev–Trinajstić information content (AvgIpc) is 2.59. The summed E-state index contributed by atoms with van der Waals surface area (Å²) in [6.45, 7) is -0.538. The number of rotatable bonds is 7. The highest BCUT2D eigenvalue weighted by Gasteiger charge is 2.16. The van der Waals surface area contributed by atoms with E-state index in [4.69, 9.17) is 9.47 Å². The molecule has 138 valence electrons. The number of anilines is 2. The fourth-order valence-corrected chi connectivity index (χ4v) is 2.67. The van der Waals surface area contributed by atoms with Gasteiger partial charge in [0.2, 0.25) is 10.0 Å². The minimum absolute atomic E-state index is 0.00279. The number of methoxy groups -OCH3 is 1. The summed E-state index contributed by atoms with van der Waals surface area (Å²) in [6, 6.07) is 12.7. The Morgan fingerprint density at radius 2 is 1.62 bits per heavy atom. The van der Waals surface area contributed by atoms with Gasteiger partial charge in [-0.2, -0.15) is 0 Å². The average molecular weight is 378 g/mol. The van der Waals surface area contributed by atoms with Crippen molar-refractivity contribution >= 4 is 33.3 Å². The third-order valence-corrected chi connectivity index (χ3v) is 3.75. The maximum Gasteiger partial charge on any atom is 0.340 e. The number of hydrogen-bond acceptors (Lipinski definition) is 6. The molecule has 0 spiro atoms. The highest BCUT2D eigenvalue weighted by atomic mass is 32.2. The molecule has 0 saturated heterocycles. The third-order valence-electron chi connectivity index (χ3n) is 3.16. The summed E-state index contributed by atoms with van der Waals surface area (Å²) in [5.74, 6) is -0.918. The SMILES string of the molecule is COc1ccccc1NC(=O)COC(=O)c1ccccc1NS(C)(=O)=O. The normalized spacial score (nSPS) is 10.7. The Bertz CT molecular complexity index is 911. The van der Waals surface area contributed by atoms with E-state index in [9.17, 15) is 18.0 Å². The van der Waals surface area contributed by atoms with Gasteiger partial charge in [0.05, 0.1) is 30.3 Å². The fraction of sp³-hybridized carbons (Fsp3) is 0.176. The van der Waals surface area contributed by atoms with Gasteiger partial charge >= 0.3 is 5.97 Å². The number of sulfonamides is 1. The summed E-state index contributed by atoms with van der Waals surface area (Å²) in [5.41, 5.74) is 0.517. The van der Waals surface area contributed by atoms with Crippen LogP contribution in [-0.4, -0.2) is 40.3 Å². The van der Waals surface area contributed by atoms with Gasteiger partial charge in [-0.15, -0.1) is 0 Å². The van der Waals surface area contributed by atoms with Gasteiger partial charge in [-0.05, 0) is 24.3 Å². The first-order valence-corrected chi connectivity index (χ1v) is 9.36. The molecular formula is C17H18N2O6S. The van der Waals surface area contributed by atoms with Crippen molar-refractivity contribution < 1.29 is 27.5 Å². The van der Waals surface area contributed by atoms with Crippen LogP contribution >= 0.6 is 0 Å². The topological polar surface area (TPSA) is 111 Å². The van der Waals surface area contributed by atoms with Crippen molar-refractivity contribution in [2.75, 3.05) is 30.0 Å². The molecule has 0 heterocycles. The Balaban J connectivity index is 2.02. The van der Waals surface area contributed by atoms with Gasteiger partial charge < -0.3 is 14.8 Å². The van der Waals surface area contributed by atoms with Gasteiger partial charge in [-0.3, -0.25) is 9.52 Å². The van der Waals surface area contributed by atoms with Gasteiger partial charge in [0.1, 0.15) is 5.75 Å². The summed E-state index contributed by atoms with van der Waals surface area (Å²) < 4.78 is 35.0. The largest absolute Gasteiger partial charge is 0.495 e. The molecule has 2 aromatic rings. The molecule has 2 rings (SSSR count). The maximum absolute atomic E-state index is 12.2. The number of para-hydroxylation sites is 3. The Labute approximate surface area is 151 Å². The lowest BCUT2D eigenvalue weighted by Crippen LogP contribution is -2.22. The van der Waals surface area contributed by atoms with Crippen LogP contribution in [0.15, 0.2) is 48.5 Å². The van der Waals surface area contributed by atoms with Crippen LogP contribution in [0.4, 0.5) is 11.4 Å². The Hall–Kier alpha value is -3.07. The predicted octanol–water partition coefficient (Wildman–Crippen LogP) is 1.86. The first-order chi connectivity index (χ1) is 12.3. The molecule has 0 aromatic heterocycles. The van der Waals surface area contributed by atoms with Crippen molar-refractivity contribution in [2.24, 2.45) is 0 Å². The summed E-state index contributed by atoms with van der Waals surface area (Å²) >= 11 is 0. The third kappa shape index (κ3) is 5.49. The van der Waals surface area contributed by atoms with Gasteiger partial charge in [-0.1, -0.05) is 24.3 Å². The number of nitrogens with one attached hydrogen (secondary N) is 2. The second kappa shape index (κ2) is 8.34. The predicted molar refractivity (Wildman–Crippen MR) is 96.8 cm³/mol. The molecule has 0 bridgehead atoms. The van der Waals surface area contributed by atoms with Crippen molar-refractivity contribution in [3.8, 4) is 5.75 Å². The zero-order chi connectivity index (χ0) is 19.2. The zero-order valence-electron chi connectivity index (χ0n) is 14.2. The molecule has 0 aliphatic rings. The quantitative estimate of drug-likeness (QED) is 0.712. The molecule has 0 aliphatic carbocycles. The van der Waals surface area contributed by atoms with Gasteiger partial charge in [0.15, 0.2) is 6.61 Å². The summed E-state index contributed by atoms with van der Waals surface area (Å²) in [7, 11) is -2.09. The number of esters is 1. The number of hydrogen-bond donors (Lipinski definition) is 2. The highest BCUT2D eigenvalue weighted by molar-refractivity contribution is 7.92. The van der Waals surface area contributed by atoms with Crippen LogP contribution in [0.25, 0.3) is 0 Å². The molecule has 1 amide bonds. The first-order valence-electron chi connectivity index (χ1n) is 7.47. The lowest BCUT2D eigenvalue weighted by molar-refractivity contribution is -0.119. The standard InChI is InChI=1S/C17H18N2O6S/c1-24-15-10-6-5-9-14(15)18-16(20)11-25-17(21)12-7-3-4-8-13(12)19-26(2,22)23/h3-10,19H,11H2,1-2H3,(H,18,20). The minimum atomic E-state index is -3.56.